The first kappa shape index (κ1) is 20.7. The van der Waals surface area contributed by atoms with Crippen LogP contribution in [0.1, 0.15) is 22.3 Å². The van der Waals surface area contributed by atoms with Crippen molar-refractivity contribution in [2.24, 2.45) is 0 Å². The first-order valence-corrected chi connectivity index (χ1v) is 9.45. The Hall–Kier alpha value is -2.99. The van der Waals surface area contributed by atoms with Crippen LogP contribution in [0.3, 0.4) is 0 Å². The number of rotatable bonds is 6. The normalized spacial score (nSPS) is 12.3. The quantitative estimate of drug-likeness (QED) is 0.528. The summed E-state index contributed by atoms with van der Waals surface area (Å²) in [5.74, 6) is 0.113. The van der Waals surface area contributed by atoms with Crippen LogP contribution in [-0.4, -0.2) is 37.2 Å². The SMILES string of the molecule is Cc1ccc(CN(C)C(=O)COC(=O)/C=C/c2cc(Cl)c3c(c2)OCO3)c(C)c1. The van der Waals surface area contributed by atoms with Gasteiger partial charge in [-0.1, -0.05) is 35.4 Å². The minimum absolute atomic E-state index is 0.113. The van der Waals surface area contributed by atoms with Gasteiger partial charge in [-0.25, -0.2) is 4.79 Å². The monoisotopic (exact) mass is 415 g/mol. The molecule has 0 atom stereocenters. The fourth-order valence-electron chi connectivity index (χ4n) is 2.91. The fraction of sp³-hybridized carbons (Fsp3) is 0.273. The van der Waals surface area contributed by atoms with Crippen molar-refractivity contribution < 1.29 is 23.8 Å². The van der Waals surface area contributed by atoms with E-state index in [2.05, 4.69) is 6.07 Å². The van der Waals surface area contributed by atoms with E-state index >= 15 is 0 Å². The van der Waals surface area contributed by atoms with Gasteiger partial charge in [0, 0.05) is 19.7 Å². The van der Waals surface area contributed by atoms with Crippen molar-refractivity contribution in [2.45, 2.75) is 20.4 Å². The Morgan fingerprint density at radius 2 is 2.00 bits per heavy atom. The van der Waals surface area contributed by atoms with Crippen LogP contribution in [0, 0.1) is 13.8 Å². The molecule has 0 bridgehead atoms. The number of benzene rings is 2. The van der Waals surface area contributed by atoms with Crippen molar-refractivity contribution in [3.63, 3.8) is 0 Å². The number of hydrogen-bond donors (Lipinski definition) is 0. The maximum atomic E-state index is 12.3. The fourth-order valence-corrected chi connectivity index (χ4v) is 3.18. The van der Waals surface area contributed by atoms with Crippen LogP contribution in [-0.2, 0) is 20.9 Å². The van der Waals surface area contributed by atoms with Gasteiger partial charge >= 0.3 is 5.97 Å². The molecule has 1 amide bonds. The lowest BCUT2D eigenvalue weighted by atomic mass is 10.1. The molecule has 0 N–H and O–H groups in total. The molecule has 1 aliphatic heterocycles. The Kier molecular flexibility index (Phi) is 6.44. The Morgan fingerprint density at radius 1 is 1.21 bits per heavy atom. The maximum Gasteiger partial charge on any atom is 0.331 e. The number of carbonyl (C=O) groups excluding carboxylic acids is 2. The minimum atomic E-state index is -0.618. The summed E-state index contributed by atoms with van der Waals surface area (Å²) >= 11 is 6.11. The van der Waals surface area contributed by atoms with E-state index in [0.717, 1.165) is 11.1 Å². The molecule has 1 aliphatic rings. The van der Waals surface area contributed by atoms with Gasteiger partial charge in [0.1, 0.15) is 0 Å². The van der Waals surface area contributed by atoms with E-state index in [1.54, 1.807) is 25.3 Å². The minimum Gasteiger partial charge on any atom is -0.454 e. The zero-order valence-corrected chi connectivity index (χ0v) is 17.3. The highest BCUT2D eigenvalue weighted by molar-refractivity contribution is 6.32. The second-order valence-corrected chi connectivity index (χ2v) is 7.26. The van der Waals surface area contributed by atoms with Gasteiger partial charge in [-0.2, -0.15) is 0 Å². The number of aryl methyl sites for hydroxylation is 2. The van der Waals surface area contributed by atoms with Crippen LogP contribution in [0.4, 0.5) is 0 Å². The third-order valence-corrected chi connectivity index (χ3v) is 4.81. The zero-order valence-electron chi connectivity index (χ0n) is 16.5. The summed E-state index contributed by atoms with van der Waals surface area (Å²) in [5, 5.41) is 0.399. The van der Waals surface area contributed by atoms with E-state index in [4.69, 9.17) is 25.8 Å². The molecule has 0 radical (unpaired) electrons. The summed E-state index contributed by atoms with van der Waals surface area (Å²) in [4.78, 5) is 25.7. The smallest absolute Gasteiger partial charge is 0.331 e. The number of ether oxygens (including phenoxy) is 3. The molecule has 29 heavy (non-hydrogen) atoms. The highest BCUT2D eigenvalue weighted by atomic mass is 35.5. The molecule has 0 fully saturated rings. The van der Waals surface area contributed by atoms with Gasteiger partial charge < -0.3 is 19.1 Å². The average Bonchev–Trinajstić information content (AvgIpc) is 3.15. The van der Waals surface area contributed by atoms with E-state index in [1.165, 1.54) is 16.5 Å². The number of carbonyl (C=O) groups is 2. The van der Waals surface area contributed by atoms with Crippen LogP contribution >= 0.6 is 11.6 Å². The molecule has 0 saturated carbocycles. The highest BCUT2D eigenvalue weighted by Gasteiger charge is 2.18. The molecule has 152 valence electrons. The van der Waals surface area contributed by atoms with Crippen LogP contribution < -0.4 is 9.47 Å². The molecule has 0 spiro atoms. The Bertz CT molecular complexity index is 970. The molecule has 0 aliphatic carbocycles. The lowest BCUT2D eigenvalue weighted by Crippen LogP contribution is -2.30. The Labute approximate surface area is 174 Å². The number of esters is 1. The highest BCUT2D eigenvalue weighted by Crippen LogP contribution is 2.40. The van der Waals surface area contributed by atoms with Crippen LogP contribution in [0.25, 0.3) is 6.08 Å². The summed E-state index contributed by atoms with van der Waals surface area (Å²) in [6, 6.07) is 9.44. The molecule has 1 heterocycles. The molecule has 2 aromatic rings. The average molecular weight is 416 g/mol. The van der Waals surface area contributed by atoms with E-state index in [9.17, 15) is 9.59 Å². The summed E-state index contributed by atoms with van der Waals surface area (Å²) in [7, 11) is 1.68. The van der Waals surface area contributed by atoms with Gasteiger partial charge in [0.05, 0.1) is 5.02 Å². The lowest BCUT2D eigenvalue weighted by Gasteiger charge is -2.18. The molecule has 3 rings (SSSR count). The van der Waals surface area contributed by atoms with E-state index in [0.29, 0.717) is 28.6 Å². The molecule has 7 heteroatoms. The number of likely N-dealkylation sites (N-methyl/N-ethyl adjacent to an activating group) is 1. The predicted molar refractivity (Wildman–Crippen MR) is 110 cm³/mol. The number of amides is 1. The molecule has 2 aromatic carbocycles. The molecule has 0 aromatic heterocycles. The molecule has 6 nitrogen and oxygen atoms in total. The van der Waals surface area contributed by atoms with Crippen molar-refractivity contribution in [1.29, 1.82) is 0 Å². The predicted octanol–water partition coefficient (Wildman–Crippen LogP) is 3.90. The molecular weight excluding hydrogens is 394 g/mol. The summed E-state index contributed by atoms with van der Waals surface area (Å²) in [5.41, 5.74) is 4.00. The molecule has 0 unspecified atom stereocenters. The largest absolute Gasteiger partial charge is 0.454 e. The number of hydrogen-bond acceptors (Lipinski definition) is 5. The topological polar surface area (TPSA) is 65.1 Å². The second kappa shape index (κ2) is 9.01. The van der Waals surface area contributed by atoms with Gasteiger partial charge in [0.15, 0.2) is 18.1 Å². The molecule has 0 saturated heterocycles. The van der Waals surface area contributed by atoms with Crippen molar-refractivity contribution in [2.75, 3.05) is 20.4 Å². The Morgan fingerprint density at radius 3 is 2.76 bits per heavy atom. The van der Waals surface area contributed by atoms with Gasteiger partial charge in [-0.05, 0) is 48.7 Å². The number of nitrogens with zero attached hydrogens (tertiary/aromatic N) is 1. The van der Waals surface area contributed by atoms with E-state index < -0.39 is 5.97 Å². The second-order valence-electron chi connectivity index (χ2n) is 6.86. The van der Waals surface area contributed by atoms with Crippen molar-refractivity contribution in [3.8, 4) is 11.5 Å². The van der Waals surface area contributed by atoms with Gasteiger partial charge in [0.2, 0.25) is 6.79 Å². The summed E-state index contributed by atoms with van der Waals surface area (Å²) < 4.78 is 15.6. The summed E-state index contributed by atoms with van der Waals surface area (Å²) in [6.45, 7) is 4.27. The third kappa shape index (κ3) is 5.29. The van der Waals surface area contributed by atoms with Crippen molar-refractivity contribution in [3.05, 3.63) is 63.7 Å². The first-order chi connectivity index (χ1) is 13.8. The van der Waals surface area contributed by atoms with Crippen LogP contribution in [0.5, 0.6) is 11.5 Å². The van der Waals surface area contributed by atoms with Crippen molar-refractivity contribution in [1.82, 2.24) is 4.90 Å². The van der Waals surface area contributed by atoms with Crippen LogP contribution in [0.2, 0.25) is 5.02 Å². The zero-order chi connectivity index (χ0) is 21.0. The van der Waals surface area contributed by atoms with E-state index in [-0.39, 0.29) is 19.3 Å². The van der Waals surface area contributed by atoms with Gasteiger partial charge in [-0.15, -0.1) is 0 Å². The number of halogens is 1. The Balaban J connectivity index is 1.51. The standard InChI is InChI=1S/C22H22ClNO5/c1-14-4-6-17(15(2)8-14)11-24(3)20(25)12-27-21(26)7-5-16-9-18(23)22-19(10-16)28-13-29-22/h4-10H,11-13H2,1-3H3/b7-5+. The van der Waals surface area contributed by atoms with Crippen LogP contribution in [0.15, 0.2) is 36.4 Å². The third-order valence-electron chi connectivity index (χ3n) is 4.53. The van der Waals surface area contributed by atoms with Crippen molar-refractivity contribution >= 4 is 29.6 Å². The van der Waals surface area contributed by atoms with E-state index in [1.807, 2.05) is 26.0 Å². The maximum absolute atomic E-state index is 12.3. The first-order valence-electron chi connectivity index (χ1n) is 9.07. The van der Waals surface area contributed by atoms with Gasteiger partial charge in [0.25, 0.3) is 5.91 Å². The number of fused-ring (bicyclic) bond motifs is 1. The molecular formula is C22H22ClNO5. The summed E-state index contributed by atoms with van der Waals surface area (Å²) in [6.07, 6.45) is 2.78. The lowest BCUT2D eigenvalue weighted by molar-refractivity contribution is -0.147. The van der Waals surface area contributed by atoms with Gasteiger partial charge in [-0.3, -0.25) is 4.79 Å².